The van der Waals surface area contributed by atoms with E-state index < -0.39 is 12.0 Å². The number of carboxylic acid groups (broad SMARTS) is 1. The molecule has 0 spiro atoms. The number of hydrogen-bond donors (Lipinski definition) is 2. The summed E-state index contributed by atoms with van der Waals surface area (Å²) in [6.07, 6.45) is 4.49. The minimum Gasteiger partial charge on any atom is -0.480 e. The average Bonchev–Trinajstić information content (AvgIpc) is 2.28. The Morgan fingerprint density at radius 3 is 2.71 bits per heavy atom. The van der Waals surface area contributed by atoms with E-state index in [0.717, 1.165) is 25.8 Å². The Kier molecular flexibility index (Phi) is 5.41. The van der Waals surface area contributed by atoms with Crippen LogP contribution >= 0.6 is 0 Å². The smallest absolute Gasteiger partial charge is 0.327 e. The molecule has 2 unspecified atom stereocenters. The first kappa shape index (κ1) is 14.0. The molecule has 5 heteroatoms. The summed E-state index contributed by atoms with van der Waals surface area (Å²) in [5.41, 5.74) is 0. The van der Waals surface area contributed by atoms with Crippen LogP contribution in [0, 0.1) is 0 Å². The van der Waals surface area contributed by atoms with Gasteiger partial charge >= 0.3 is 5.97 Å². The van der Waals surface area contributed by atoms with E-state index >= 15 is 0 Å². The Hall–Kier alpha value is -1.10. The monoisotopic (exact) mass is 242 g/mol. The van der Waals surface area contributed by atoms with Gasteiger partial charge in [-0.1, -0.05) is 13.3 Å². The van der Waals surface area contributed by atoms with Crippen molar-refractivity contribution in [3.63, 3.8) is 0 Å². The number of likely N-dealkylation sites (tertiary alicyclic amines) is 1. The molecule has 0 saturated carbocycles. The lowest BCUT2D eigenvalue weighted by Gasteiger charge is -2.36. The van der Waals surface area contributed by atoms with Crippen molar-refractivity contribution in [3.8, 4) is 0 Å². The second-order valence-corrected chi connectivity index (χ2v) is 4.64. The largest absolute Gasteiger partial charge is 0.480 e. The summed E-state index contributed by atoms with van der Waals surface area (Å²) in [5.74, 6) is -1.25. The molecule has 0 aromatic rings. The molecule has 1 heterocycles. The van der Waals surface area contributed by atoms with Crippen LogP contribution in [0.3, 0.4) is 0 Å². The third-order valence-corrected chi connectivity index (χ3v) is 3.31. The fourth-order valence-electron chi connectivity index (χ4n) is 2.43. The zero-order chi connectivity index (χ0) is 12.8. The molecule has 1 aliphatic heterocycles. The molecule has 0 bridgehead atoms. The van der Waals surface area contributed by atoms with Gasteiger partial charge in [0.05, 0.1) is 0 Å². The van der Waals surface area contributed by atoms with E-state index in [1.807, 2.05) is 0 Å². The summed E-state index contributed by atoms with van der Waals surface area (Å²) in [6.45, 7) is 4.82. The maximum atomic E-state index is 11.1. The van der Waals surface area contributed by atoms with E-state index in [9.17, 15) is 9.59 Å². The van der Waals surface area contributed by atoms with Crippen molar-refractivity contribution >= 4 is 11.9 Å². The lowest BCUT2D eigenvalue weighted by atomic mass is 9.99. The number of carboxylic acids is 1. The Balaban J connectivity index is 2.57. The van der Waals surface area contributed by atoms with Gasteiger partial charge in [0, 0.05) is 19.5 Å². The summed E-state index contributed by atoms with van der Waals surface area (Å²) in [6, 6.07) is -0.334. The van der Waals surface area contributed by atoms with Crippen LogP contribution in [0.1, 0.15) is 39.5 Å². The number of nitrogens with one attached hydrogen (secondary N) is 1. The molecule has 17 heavy (non-hydrogen) atoms. The number of nitrogens with zero attached hydrogens (tertiary/aromatic N) is 1. The SMILES string of the molecule is CCC1CCCCN1CC(NC(C)=O)C(=O)O. The first-order valence-corrected chi connectivity index (χ1v) is 6.28. The van der Waals surface area contributed by atoms with Crippen molar-refractivity contribution in [3.05, 3.63) is 0 Å². The Morgan fingerprint density at radius 2 is 2.18 bits per heavy atom. The van der Waals surface area contributed by atoms with Gasteiger partial charge in [-0.3, -0.25) is 9.69 Å². The van der Waals surface area contributed by atoms with Crippen LogP contribution in [0.15, 0.2) is 0 Å². The van der Waals surface area contributed by atoms with Crippen LogP contribution in [0.4, 0.5) is 0 Å². The van der Waals surface area contributed by atoms with Gasteiger partial charge in [0.1, 0.15) is 6.04 Å². The normalized spacial score (nSPS) is 23.1. The van der Waals surface area contributed by atoms with Crippen LogP contribution in [0.25, 0.3) is 0 Å². The fourth-order valence-corrected chi connectivity index (χ4v) is 2.43. The highest BCUT2D eigenvalue weighted by Gasteiger charge is 2.27. The van der Waals surface area contributed by atoms with Crippen LogP contribution in [0.2, 0.25) is 0 Å². The van der Waals surface area contributed by atoms with E-state index in [2.05, 4.69) is 17.1 Å². The zero-order valence-electron chi connectivity index (χ0n) is 10.6. The highest BCUT2D eigenvalue weighted by molar-refractivity contribution is 5.82. The number of rotatable bonds is 5. The summed E-state index contributed by atoms with van der Waals surface area (Å²) < 4.78 is 0. The first-order valence-electron chi connectivity index (χ1n) is 6.28. The minimum atomic E-state index is -0.958. The van der Waals surface area contributed by atoms with Gasteiger partial charge in [-0.2, -0.15) is 0 Å². The van der Waals surface area contributed by atoms with Crippen LogP contribution < -0.4 is 5.32 Å². The van der Waals surface area contributed by atoms with Crippen LogP contribution in [-0.4, -0.2) is 47.1 Å². The Bertz CT molecular complexity index is 281. The van der Waals surface area contributed by atoms with Crippen LogP contribution in [-0.2, 0) is 9.59 Å². The molecular formula is C12H22N2O3. The van der Waals surface area contributed by atoms with Crippen molar-refractivity contribution in [2.45, 2.75) is 51.6 Å². The number of aliphatic carboxylic acids is 1. The molecule has 0 aromatic carbocycles. The van der Waals surface area contributed by atoms with E-state index in [1.54, 1.807) is 0 Å². The summed E-state index contributed by atoms with van der Waals surface area (Å²) in [5, 5.41) is 11.6. The maximum absolute atomic E-state index is 11.1. The molecule has 2 atom stereocenters. The van der Waals surface area contributed by atoms with Gasteiger partial charge in [0.15, 0.2) is 0 Å². The molecule has 1 amide bonds. The highest BCUT2D eigenvalue weighted by atomic mass is 16.4. The van der Waals surface area contributed by atoms with Crippen molar-refractivity contribution in [1.29, 1.82) is 0 Å². The standard InChI is InChI=1S/C12H22N2O3/c1-3-10-6-4-5-7-14(10)8-11(12(16)17)13-9(2)15/h10-11H,3-8H2,1-2H3,(H,13,15)(H,16,17). The lowest BCUT2D eigenvalue weighted by Crippen LogP contribution is -2.51. The third-order valence-electron chi connectivity index (χ3n) is 3.31. The fraction of sp³-hybridized carbons (Fsp3) is 0.833. The summed E-state index contributed by atoms with van der Waals surface area (Å²) in [4.78, 5) is 24.2. The topological polar surface area (TPSA) is 69.6 Å². The zero-order valence-corrected chi connectivity index (χ0v) is 10.6. The predicted octanol–water partition coefficient (Wildman–Crippen LogP) is 0.840. The molecule has 1 fully saturated rings. The molecule has 1 aliphatic rings. The summed E-state index contributed by atoms with van der Waals surface area (Å²) in [7, 11) is 0. The molecule has 0 aliphatic carbocycles. The van der Waals surface area contributed by atoms with Gasteiger partial charge in [-0.25, -0.2) is 4.79 Å². The molecular weight excluding hydrogens is 220 g/mol. The Morgan fingerprint density at radius 1 is 1.47 bits per heavy atom. The van der Waals surface area contributed by atoms with Gasteiger partial charge in [0.2, 0.25) is 5.91 Å². The van der Waals surface area contributed by atoms with Crippen molar-refractivity contribution in [2.75, 3.05) is 13.1 Å². The van der Waals surface area contributed by atoms with E-state index in [0.29, 0.717) is 12.6 Å². The van der Waals surface area contributed by atoms with Gasteiger partial charge in [-0.05, 0) is 25.8 Å². The minimum absolute atomic E-state index is 0.289. The third kappa shape index (κ3) is 4.34. The maximum Gasteiger partial charge on any atom is 0.327 e. The first-order chi connectivity index (χ1) is 8.04. The molecule has 5 nitrogen and oxygen atoms in total. The molecule has 1 saturated heterocycles. The second-order valence-electron chi connectivity index (χ2n) is 4.64. The van der Waals surface area contributed by atoms with Crippen molar-refractivity contribution < 1.29 is 14.7 Å². The lowest BCUT2D eigenvalue weighted by molar-refractivity contribution is -0.142. The number of carbonyl (C=O) groups is 2. The molecule has 2 N–H and O–H groups in total. The number of piperidine rings is 1. The molecule has 1 rings (SSSR count). The van der Waals surface area contributed by atoms with Crippen LogP contribution in [0.5, 0.6) is 0 Å². The van der Waals surface area contributed by atoms with Crippen molar-refractivity contribution in [1.82, 2.24) is 10.2 Å². The predicted molar refractivity (Wildman–Crippen MR) is 64.7 cm³/mol. The summed E-state index contributed by atoms with van der Waals surface area (Å²) >= 11 is 0. The quantitative estimate of drug-likeness (QED) is 0.749. The highest BCUT2D eigenvalue weighted by Crippen LogP contribution is 2.19. The second kappa shape index (κ2) is 6.59. The van der Waals surface area contributed by atoms with E-state index in [4.69, 9.17) is 5.11 Å². The van der Waals surface area contributed by atoms with E-state index in [-0.39, 0.29) is 5.91 Å². The van der Waals surface area contributed by atoms with Crippen molar-refractivity contribution in [2.24, 2.45) is 0 Å². The number of carbonyl (C=O) groups excluding carboxylic acids is 1. The molecule has 98 valence electrons. The molecule has 0 radical (unpaired) electrons. The Labute approximate surface area is 102 Å². The average molecular weight is 242 g/mol. The van der Waals surface area contributed by atoms with E-state index in [1.165, 1.54) is 13.3 Å². The van der Waals surface area contributed by atoms with Gasteiger partial charge in [0.25, 0.3) is 0 Å². The number of amides is 1. The molecule has 0 aromatic heterocycles. The van der Waals surface area contributed by atoms with Gasteiger partial charge in [-0.15, -0.1) is 0 Å². The van der Waals surface area contributed by atoms with Gasteiger partial charge < -0.3 is 10.4 Å². The number of hydrogen-bond acceptors (Lipinski definition) is 3.